The Morgan fingerprint density at radius 2 is 1.87 bits per heavy atom. The molecule has 0 atom stereocenters. The van der Waals surface area contributed by atoms with E-state index in [0.717, 1.165) is 16.8 Å². The van der Waals surface area contributed by atoms with Gasteiger partial charge < -0.3 is 10.6 Å². The van der Waals surface area contributed by atoms with E-state index in [-0.39, 0.29) is 11.9 Å². The van der Waals surface area contributed by atoms with Crippen LogP contribution in [0.25, 0.3) is 11.3 Å². The molecule has 7 nitrogen and oxygen atoms in total. The summed E-state index contributed by atoms with van der Waals surface area (Å²) in [7, 11) is 1.74. The third-order valence-corrected chi connectivity index (χ3v) is 3.44. The van der Waals surface area contributed by atoms with Gasteiger partial charge in [-0.1, -0.05) is 12.1 Å². The van der Waals surface area contributed by atoms with Crippen LogP contribution >= 0.6 is 0 Å². The fourth-order valence-corrected chi connectivity index (χ4v) is 2.22. The number of hydrogen-bond acceptors (Lipinski definition) is 5. The number of nitrogens with zero attached hydrogens (tertiary/aromatic N) is 4. The maximum absolute atomic E-state index is 12.5. The molecule has 0 fully saturated rings. The Labute approximate surface area is 133 Å². The zero-order valence-corrected chi connectivity index (χ0v) is 12.6. The zero-order chi connectivity index (χ0) is 16.2. The van der Waals surface area contributed by atoms with Crippen molar-refractivity contribution in [2.24, 2.45) is 0 Å². The SMILES string of the molecule is CN(Cc1cnc(N)nc1)C(=O)c1ccc(-c2ccn[nH]2)cc1. The van der Waals surface area contributed by atoms with E-state index in [0.29, 0.717) is 12.1 Å². The molecule has 23 heavy (non-hydrogen) atoms. The monoisotopic (exact) mass is 308 g/mol. The first-order valence-corrected chi connectivity index (χ1v) is 7.05. The van der Waals surface area contributed by atoms with Crippen molar-refractivity contribution >= 4 is 11.9 Å². The van der Waals surface area contributed by atoms with Gasteiger partial charge in [0.1, 0.15) is 0 Å². The molecule has 0 aliphatic rings. The summed E-state index contributed by atoms with van der Waals surface area (Å²) >= 11 is 0. The van der Waals surface area contributed by atoms with Gasteiger partial charge in [0.05, 0.1) is 5.69 Å². The first-order valence-electron chi connectivity index (χ1n) is 7.05. The van der Waals surface area contributed by atoms with Crippen molar-refractivity contribution < 1.29 is 4.79 Å². The van der Waals surface area contributed by atoms with Gasteiger partial charge in [-0.25, -0.2) is 9.97 Å². The molecule has 3 N–H and O–H groups in total. The highest BCUT2D eigenvalue weighted by molar-refractivity contribution is 5.94. The first kappa shape index (κ1) is 14.7. The van der Waals surface area contributed by atoms with Crippen LogP contribution in [0.2, 0.25) is 0 Å². The van der Waals surface area contributed by atoms with Crippen molar-refractivity contribution in [1.82, 2.24) is 25.1 Å². The van der Waals surface area contributed by atoms with E-state index >= 15 is 0 Å². The highest BCUT2D eigenvalue weighted by Crippen LogP contribution is 2.17. The van der Waals surface area contributed by atoms with Crippen molar-refractivity contribution in [2.75, 3.05) is 12.8 Å². The Bertz CT molecular complexity index is 780. The Morgan fingerprint density at radius 3 is 2.48 bits per heavy atom. The number of anilines is 1. The number of nitrogen functional groups attached to an aromatic ring is 1. The number of aromatic amines is 1. The number of hydrogen-bond donors (Lipinski definition) is 2. The highest BCUT2D eigenvalue weighted by atomic mass is 16.2. The molecule has 0 radical (unpaired) electrons. The molecule has 3 aromatic rings. The standard InChI is InChI=1S/C16H16N6O/c1-22(10-11-8-18-16(17)19-9-11)15(23)13-4-2-12(3-5-13)14-6-7-20-21-14/h2-9H,10H2,1H3,(H,20,21)(H2,17,18,19). The summed E-state index contributed by atoms with van der Waals surface area (Å²) in [6.07, 6.45) is 4.93. The minimum absolute atomic E-state index is 0.0713. The zero-order valence-electron chi connectivity index (χ0n) is 12.6. The number of nitrogens with one attached hydrogen (secondary N) is 1. The smallest absolute Gasteiger partial charge is 0.253 e. The van der Waals surface area contributed by atoms with E-state index < -0.39 is 0 Å². The quantitative estimate of drug-likeness (QED) is 0.764. The minimum atomic E-state index is -0.0713. The Kier molecular flexibility index (Phi) is 4.01. The summed E-state index contributed by atoms with van der Waals surface area (Å²) in [4.78, 5) is 21.9. The number of amides is 1. The van der Waals surface area contributed by atoms with Crippen LogP contribution in [0.5, 0.6) is 0 Å². The molecule has 0 spiro atoms. The van der Waals surface area contributed by atoms with Crippen molar-refractivity contribution in [3.63, 3.8) is 0 Å². The average molecular weight is 308 g/mol. The predicted molar refractivity (Wildman–Crippen MR) is 86.3 cm³/mol. The van der Waals surface area contributed by atoms with Crippen molar-refractivity contribution in [1.29, 1.82) is 0 Å². The van der Waals surface area contributed by atoms with Gasteiger partial charge in [0.25, 0.3) is 5.91 Å². The van der Waals surface area contributed by atoms with Crippen LogP contribution in [0.4, 0.5) is 5.95 Å². The molecule has 0 unspecified atom stereocenters. The molecule has 0 aliphatic heterocycles. The number of nitrogens with two attached hydrogens (primary N) is 1. The minimum Gasteiger partial charge on any atom is -0.368 e. The fourth-order valence-electron chi connectivity index (χ4n) is 2.22. The largest absolute Gasteiger partial charge is 0.368 e. The van der Waals surface area contributed by atoms with Gasteiger partial charge in [-0.05, 0) is 23.8 Å². The summed E-state index contributed by atoms with van der Waals surface area (Å²) in [5.41, 5.74) is 8.79. The van der Waals surface area contributed by atoms with Crippen molar-refractivity contribution in [3.05, 3.63) is 60.0 Å². The van der Waals surface area contributed by atoms with Crippen LogP contribution in [-0.2, 0) is 6.54 Å². The highest BCUT2D eigenvalue weighted by Gasteiger charge is 2.12. The molecule has 0 saturated carbocycles. The molecule has 1 amide bonds. The second kappa shape index (κ2) is 6.27. The van der Waals surface area contributed by atoms with Crippen molar-refractivity contribution in [2.45, 2.75) is 6.54 Å². The molecular weight excluding hydrogens is 292 g/mol. The normalized spacial score (nSPS) is 10.5. The molecule has 2 aromatic heterocycles. The van der Waals surface area contributed by atoms with Gasteiger partial charge in [-0.2, -0.15) is 5.10 Å². The number of carbonyl (C=O) groups excluding carboxylic acids is 1. The lowest BCUT2D eigenvalue weighted by molar-refractivity contribution is 0.0785. The fraction of sp³-hybridized carbons (Fsp3) is 0.125. The maximum Gasteiger partial charge on any atom is 0.253 e. The van der Waals surface area contributed by atoms with Gasteiger partial charge in [0, 0.05) is 43.3 Å². The van der Waals surface area contributed by atoms with E-state index in [4.69, 9.17) is 5.73 Å². The molecular formula is C16H16N6O. The van der Waals surface area contributed by atoms with Crippen LogP contribution in [-0.4, -0.2) is 38.0 Å². The molecule has 1 aromatic carbocycles. The van der Waals surface area contributed by atoms with Gasteiger partial charge in [0.2, 0.25) is 5.95 Å². The Hall–Kier alpha value is -3.22. The molecule has 0 bridgehead atoms. The molecule has 0 aliphatic carbocycles. The lowest BCUT2D eigenvalue weighted by atomic mass is 10.1. The van der Waals surface area contributed by atoms with E-state index in [9.17, 15) is 4.79 Å². The first-order chi connectivity index (χ1) is 11.1. The number of carbonyl (C=O) groups is 1. The Balaban J connectivity index is 1.70. The summed E-state index contributed by atoms with van der Waals surface area (Å²) in [5, 5.41) is 6.81. The van der Waals surface area contributed by atoms with Gasteiger partial charge in [-0.15, -0.1) is 0 Å². The molecule has 0 saturated heterocycles. The van der Waals surface area contributed by atoms with Crippen LogP contribution < -0.4 is 5.73 Å². The van der Waals surface area contributed by atoms with Gasteiger partial charge >= 0.3 is 0 Å². The number of rotatable bonds is 4. The predicted octanol–water partition coefficient (Wildman–Crippen LogP) is 1.72. The van der Waals surface area contributed by atoms with Gasteiger partial charge in [0.15, 0.2) is 0 Å². The second-order valence-electron chi connectivity index (χ2n) is 5.16. The van der Waals surface area contributed by atoms with Gasteiger partial charge in [-0.3, -0.25) is 9.89 Å². The number of benzene rings is 1. The third kappa shape index (κ3) is 3.34. The van der Waals surface area contributed by atoms with Crippen LogP contribution in [0, 0.1) is 0 Å². The molecule has 116 valence electrons. The number of aromatic nitrogens is 4. The topological polar surface area (TPSA) is 101 Å². The summed E-state index contributed by atoms with van der Waals surface area (Å²) in [6, 6.07) is 9.26. The van der Waals surface area contributed by atoms with E-state index in [1.165, 1.54) is 0 Å². The summed E-state index contributed by atoms with van der Waals surface area (Å²) in [5.74, 6) is 0.148. The third-order valence-electron chi connectivity index (χ3n) is 3.44. The average Bonchev–Trinajstić information content (AvgIpc) is 3.11. The second-order valence-corrected chi connectivity index (χ2v) is 5.16. The summed E-state index contributed by atoms with van der Waals surface area (Å²) < 4.78 is 0. The van der Waals surface area contributed by atoms with Crippen molar-refractivity contribution in [3.8, 4) is 11.3 Å². The lowest BCUT2D eigenvalue weighted by Gasteiger charge is -2.17. The lowest BCUT2D eigenvalue weighted by Crippen LogP contribution is -2.26. The number of H-pyrrole nitrogens is 1. The van der Waals surface area contributed by atoms with E-state index in [1.807, 2.05) is 18.2 Å². The van der Waals surface area contributed by atoms with E-state index in [2.05, 4.69) is 20.2 Å². The molecule has 3 rings (SSSR count). The molecule has 2 heterocycles. The van der Waals surface area contributed by atoms with Crippen LogP contribution in [0.15, 0.2) is 48.9 Å². The summed E-state index contributed by atoms with van der Waals surface area (Å²) in [6.45, 7) is 0.418. The van der Waals surface area contributed by atoms with Crippen LogP contribution in [0.1, 0.15) is 15.9 Å². The Morgan fingerprint density at radius 1 is 1.17 bits per heavy atom. The van der Waals surface area contributed by atoms with E-state index in [1.54, 1.807) is 42.7 Å². The van der Waals surface area contributed by atoms with Crippen LogP contribution in [0.3, 0.4) is 0 Å². The molecule has 7 heteroatoms. The maximum atomic E-state index is 12.5.